The number of rotatable bonds is 2. The Morgan fingerprint density at radius 2 is 1.82 bits per heavy atom. The van der Waals surface area contributed by atoms with Crippen LogP contribution in [0.5, 0.6) is 5.75 Å². The fraction of sp³-hybridized carbons (Fsp3) is 0.429. The van der Waals surface area contributed by atoms with Crippen molar-refractivity contribution in [1.82, 2.24) is 4.90 Å². The predicted octanol–water partition coefficient (Wildman–Crippen LogP) is 2.68. The molecular formula is C14H22N2O. The third-order valence-corrected chi connectivity index (χ3v) is 2.77. The Hall–Kier alpha value is -1.64. The van der Waals surface area contributed by atoms with Crippen LogP contribution in [0.4, 0.5) is 5.69 Å². The molecule has 1 aromatic rings. The molecular weight excluding hydrogens is 212 g/mol. The lowest BCUT2D eigenvalue weighted by Gasteiger charge is -2.35. The summed E-state index contributed by atoms with van der Waals surface area (Å²) in [4.78, 5) is 4.49. The molecule has 0 aromatic heterocycles. The van der Waals surface area contributed by atoms with Gasteiger partial charge in [-0.05, 0) is 18.3 Å². The highest BCUT2D eigenvalue weighted by Gasteiger charge is 2.14. The van der Waals surface area contributed by atoms with E-state index in [1.165, 1.54) is 0 Å². The third kappa shape index (κ3) is 3.70. The van der Waals surface area contributed by atoms with Crippen LogP contribution in [-0.4, -0.2) is 36.2 Å². The highest BCUT2D eigenvalue weighted by molar-refractivity contribution is 5.50. The molecule has 3 heteroatoms. The van der Waals surface area contributed by atoms with E-state index in [1.807, 2.05) is 38.2 Å². The van der Waals surface area contributed by atoms with E-state index < -0.39 is 0 Å². The van der Waals surface area contributed by atoms with E-state index in [0.29, 0.717) is 5.75 Å². The number of piperazine rings is 1. The van der Waals surface area contributed by atoms with Crippen LogP contribution in [-0.2, 0) is 0 Å². The van der Waals surface area contributed by atoms with Crippen LogP contribution in [0.15, 0.2) is 37.0 Å². The molecule has 0 unspecified atom stereocenters. The third-order valence-electron chi connectivity index (χ3n) is 2.77. The average Bonchev–Trinajstić information content (AvgIpc) is 2.41. The van der Waals surface area contributed by atoms with E-state index in [1.54, 1.807) is 6.07 Å². The molecule has 17 heavy (non-hydrogen) atoms. The highest BCUT2D eigenvalue weighted by Crippen LogP contribution is 2.21. The predicted molar refractivity (Wildman–Crippen MR) is 73.4 cm³/mol. The minimum atomic E-state index is 0.332. The van der Waals surface area contributed by atoms with E-state index in [2.05, 4.69) is 16.4 Å². The molecule has 0 bridgehead atoms. The Bertz CT molecular complexity index is 344. The Morgan fingerprint density at radius 3 is 2.35 bits per heavy atom. The van der Waals surface area contributed by atoms with Crippen LogP contribution in [0.3, 0.4) is 0 Å². The molecule has 1 heterocycles. The zero-order chi connectivity index (χ0) is 12.7. The molecule has 1 fully saturated rings. The summed E-state index contributed by atoms with van der Waals surface area (Å²) < 4.78 is 0. The molecule has 1 saturated heterocycles. The van der Waals surface area contributed by atoms with Gasteiger partial charge in [0, 0.05) is 37.9 Å². The first-order chi connectivity index (χ1) is 8.29. The summed E-state index contributed by atoms with van der Waals surface area (Å²) in [5, 5.41) is 9.39. The van der Waals surface area contributed by atoms with Crippen molar-refractivity contribution in [3.05, 3.63) is 37.0 Å². The monoisotopic (exact) mass is 234 g/mol. The van der Waals surface area contributed by atoms with E-state index in [0.717, 1.165) is 31.9 Å². The Labute approximate surface area is 104 Å². The number of nitrogens with zero attached hydrogens (tertiary/aromatic N) is 2. The molecule has 0 atom stereocenters. The van der Waals surface area contributed by atoms with E-state index in [9.17, 15) is 5.11 Å². The summed E-state index contributed by atoms with van der Waals surface area (Å²) in [6, 6.07) is 7.42. The van der Waals surface area contributed by atoms with Crippen molar-refractivity contribution >= 4 is 5.69 Å². The molecule has 1 aliphatic heterocycles. The second-order valence-corrected chi connectivity index (χ2v) is 3.73. The van der Waals surface area contributed by atoms with Crippen molar-refractivity contribution < 1.29 is 5.11 Å². The van der Waals surface area contributed by atoms with E-state index in [4.69, 9.17) is 0 Å². The number of hydrogen-bond donors (Lipinski definition) is 1. The van der Waals surface area contributed by atoms with Crippen LogP contribution in [0, 0.1) is 0 Å². The molecule has 1 N–H and O–H groups in total. The van der Waals surface area contributed by atoms with Crippen molar-refractivity contribution in [2.45, 2.75) is 13.8 Å². The van der Waals surface area contributed by atoms with Crippen LogP contribution < -0.4 is 4.90 Å². The largest absolute Gasteiger partial charge is 0.508 e. The van der Waals surface area contributed by atoms with Gasteiger partial charge in [-0.3, -0.25) is 0 Å². The summed E-state index contributed by atoms with van der Waals surface area (Å²) in [7, 11) is 0. The van der Waals surface area contributed by atoms with E-state index in [-0.39, 0.29) is 0 Å². The fourth-order valence-corrected chi connectivity index (χ4v) is 1.85. The number of anilines is 1. The summed E-state index contributed by atoms with van der Waals surface area (Å²) >= 11 is 0. The SMILES string of the molecule is C=CN1CCN(c2cccc(O)c2)CC1.CC. The van der Waals surface area contributed by atoms with Crippen molar-refractivity contribution in [3.8, 4) is 5.75 Å². The molecule has 0 spiro atoms. The van der Waals surface area contributed by atoms with Crippen LogP contribution >= 0.6 is 0 Å². The quantitative estimate of drug-likeness (QED) is 0.852. The van der Waals surface area contributed by atoms with Gasteiger partial charge in [-0.2, -0.15) is 0 Å². The Morgan fingerprint density at radius 1 is 1.18 bits per heavy atom. The van der Waals surface area contributed by atoms with Gasteiger partial charge in [0.15, 0.2) is 0 Å². The second-order valence-electron chi connectivity index (χ2n) is 3.73. The lowest BCUT2D eigenvalue weighted by molar-refractivity contribution is 0.350. The molecule has 1 aromatic carbocycles. The van der Waals surface area contributed by atoms with Gasteiger partial charge in [-0.1, -0.05) is 26.5 Å². The van der Waals surface area contributed by atoms with Crippen LogP contribution in [0.2, 0.25) is 0 Å². The minimum Gasteiger partial charge on any atom is -0.508 e. The lowest BCUT2D eigenvalue weighted by atomic mass is 10.2. The molecule has 0 aliphatic carbocycles. The van der Waals surface area contributed by atoms with Gasteiger partial charge in [0.05, 0.1) is 0 Å². The van der Waals surface area contributed by atoms with Gasteiger partial charge in [-0.15, -0.1) is 0 Å². The standard InChI is InChI=1S/C12H16N2O.C2H6/c1-2-13-6-8-14(9-7-13)11-4-3-5-12(15)10-11;1-2/h2-5,10,15H,1,6-9H2;1-2H3. The maximum Gasteiger partial charge on any atom is 0.117 e. The maximum absolute atomic E-state index is 9.39. The first-order valence-electron chi connectivity index (χ1n) is 6.20. The minimum absolute atomic E-state index is 0.332. The van der Waals surface area contributed by atoms with Crippen LogP contribution in [0.25, 0.3) is 0 Å². The normalized spacial score (nSPS) is 14.9. The number of aromatic hydroxyl groups is 1. The van der Waals surface area contributed by atoms with Gasteiger partial charge in [0.25, 0.3) is 0 Å². The number of phenols is 1. The summed E-state index contributed by atoms with van der Waals surface area (Å²) in [5.74, 6) is 0.332. The van der Waals surface area contributed by atoms with Crippen molar-refractivity contribution in [3.63, 3.8) is 0 Å². The molecule has 94 valence electrons. The zero-order valence-electron chi connectivity index (χ0n) is 10.8. The van der Waals surface area contributed by atoms with Crippen molar-refractivity contribution in [1.29, 1.82) is 0 Å². The Kier molecular flexibility index (Phi) is 5.40. The number of benzene rings is 1. The van der Waals surface area contributed by atoms with Gasteiger partial charge >= 0.3 is 0 Å². The van der Waals surface area contributed by atoms with Gasteiger partial charge in [0.1, 0.15) is 5.75 Å². The summed E-state index contributed by atoms with van der Waals surface area (Å²) in [5.41, 5.74) is 1.10. The smallest absolute Gasteiger partial charge is 0.117 e. The Balaban J connectivity index is 0.000000686. The lowest BCUT2D eigenvalue weighted by Crippen LogP contribution is -2.43. The first kappa shape index (κ1) is 13.4. The highest BCUT2D eigenvalue weighted by atomic mass is 16.3. The molecule has 1 aliphatic rings. The topological polar surface area (TPSA) is 26.7 Å². The van der Waals surface area contributed by atoms with Gasteiger partial charge < -0.3 is 14.9 Å². The maximum atomic E-state index is 9.39. The first-order valence-corrected chi connectivity index (χ1v) is 6.20. The summed E-state index contributed by atoms with van der Waals surface area (Å²) in [6.45, 7) is 11.7. The van der Waals surface area contributed by atoms with Crippen molar-refractivity contribution in [2.24, 2.45) is 0 Å². The molecule has 3 nitrogen and oxygen atoms in total. The van der Waals surface area contributed by atoms with Crippen LogP contribution in [0.1, 0.15) is 13.8 Å². The van der Waals surface area contributed by atoms with Crippen molar-refractivity contribution in [2.75, 3.05) is 31.1 Å². The molecule has 0 amide bonds. The number of phenolic OH excluding ortho intramolecular Hbond substituents is 1. The fourth-order valence-electron chi connectivity index (χ4n) is 1.85. The summed E-state index contributed by atoms with van der Waals surface area (Å²) in [6.07, 6.45) is 1.89. The van der Waals surface area contributed by atoms with Gasteiger partial charge in [-0.25, -0.2) is 0 Å². The van der Waals surface area contributed by atoms with E-state index >= 15 is 0 Å². The number of hydrogen-bond acceptors (Lipinski definition) is 3. The second kappa shape index (κ2) is 6.84. The zero-order valence-corrected chi connectivity index (χ0v) is 10.8. The molecule has 2 rings (SSSR count). The molecule has 0 radical (unpaired) electrons. The molecule has 0 saturated carbocycles. The van der Waals surface area contributed by atoms with Gasteiger partial charge in [0.2, 0.25) is 0 Å². The average molecular weight is 234 g/mol.